The highest BCUT2D eigenvalue weighted by molar-refractivity contribution is 7.98. The number of carbonyl (C=O) groups is 1. The average Bonchev–Trinajstić information content (AvgIpc) is 2.67. The van der Waals surface area contributed by atoms with Gasteiger partial charge in [-0.15, -0.1) is 0 Å². The Morgan fingerprint density at radius 2 is 2.21 bits per heavy atom. The predicted molar refractivity (Wildman–Crippen MR) is 73.9 cm³/mol. The van der Waals surface area contributed by atoms with Gasteiger partial charge in [0.15, 0.2) is 0 Å². The van der Waals surface area contributed by atoms with E-state index >= 15 is 0 Å². The summed E-state index contributed by atoms with van der Waals surface area (Å²) in [7, 11) is 0. The quantitative estimate of drug-likeness (QED) is 0.866. The van der Waals surface area contributed by atoms with Gasteiger partial charge in [0.25, 0.3) is 5.22 Å². The van der Waals surface area contributed by atoms with Crippen LogP contribution in [-0.4, -0.2) is 16.1 Å². The van der Waals surface area contributed by atoms with Crippen LogP contribution in [0.4, 0.5) is 0 Å². The Bertz CT molecular complexity index is 605. The zero-order chi connectivity index (χ0) is 14.0. The molecule has 1 N–H and O–H groups in total. The Balaban J connectivity index is 2.09. The molecule has 0 saturated carbocycles. The van der Waals surface area contributed by atoms with Gasteiger partial charge in [-0.05, 0) is 31.5 Å². The molecule has 4 nitrogen and oxygen atoms in total. The molecule has 6 heteroatoms. The van der Waals surface area contributed by atoms with E-state index < -0.39 is 5.97 Å². The minimum atomic E-state index is -0.986. The van der Waals surface area contributed by atoms with Crippen molar-refractivity contribution in [2.24, 2.45) is 0 Å². The lowest BCUT2D eigenvalue weighted by molar-refractivity contribution is 0.0697. The predicted octanol–water partition coefficient (Wildman–Crippen LogP) is 3.94. The number of aryl methyl sites for hydroxylation is 2. The number of oxazole rings is 1. The Morgan fingerprint density at radius 1 is 1.47 bits per heavy atom. The summed E-state index contributed by atoms with van der Waals surface area (Å²) in [5.74, 6) is 0.396. The van der Waals surface area contributed by atoms with Crippen LogP contribution < -0.4 is 0 Å². The average molecular weight is 298 g/mol. The highest BCUT2D eigenvalue weighted by atomic mass is 35.5. The van der Waals surface area contributed by atoms with E-state index in [0.717, 1.165) is 17.0 Å². The lowest BCUT2D eigenvalue weighted by Gasteiger charge is -2.03. The molecule has 100 valence electrons. The van der Waals surface area contributed by atoms with Crippen LogP contribution >= 0.6 is 23.4 Å². The van der Waals surface area contributed by atoms with Crippen molar-refractivity contribution in [3.63, 3.8) is 0 Å². The maximum absolute atomic E-state index is 10.8. The van der Waals surface area contributed by atoms with Gasteiger partial charge in [0.1, 0.15) is 5.76 Å². The molecule has 1 aromatic carbocycles. The lowest BCUT2D eigenvalue weighted by Crippen LogP contribution is -1.96. The molecule has 0 aliphatic heterocycles. The monoisotopic (exact) mass is 297 g/mol. The summed E-state index contributed by atoms with van der Waals surface area (Å²) >= 11 is 7.48. The number of hydrogen-bond donors (Lipinski definition) is 1. The van der Waals surface area contributed by atoms with E-state index in [9.17, 15) is 4.79 Å². The number of aromatic carboxylic acids is 1. The normalized spacial score (nSPS) is 10.7. The van der Waals surface area contributed by atoms with Crippen LogP contribution in [0.15, 0.2) is 27.8 Å². The summed E-state index contributed by atoms with van der Waals surface area (Å²) in [4.78, 5) is 15.1. The van der Waals surface area contributed by atoms with Crippen molar-refractivity contribution in [3.8, 4) is 0 Å². The second-order valence-corrected chi connectivity index (χ2v) is 5.36. The molecule has 0 unspecified atom stereocenters. The first-order valence-electron chi connectivity index (χ1n) is 5.56. The molecule has 0 fully saturated rings. The summed E-state index contributed by atoms with van der Waals surface area (Å²) in [6.45, 7) is 3.75. The SMILES string of the molecule is Cc1nc(SCc2ccc(C(=O)O)cc2Cl)oc1C. The lowest BCUT2D eigenvalue weighted by atomic mass is 10.1. The second-order valence-electron chi connectivity index (χ2n) is 4.02. The van der Waals surface area contributed by atoms with Gasteiger partial charge in [-0.25, -0.2) is 9.78 Å². The maximum Gasteiger partial charge on any atom is 0.335 e. The molecule has 0 bridgehead atoms. The van der Waals surface area contributed by atoms with E-state index in [-0.39, 0.29) is 5.56 Å². The number of thioether (sulfide) groups is 1. The molecular formula is C13H12ClNO3S. The largest absolute Gasteiger partial charge is 0.478 e. The molecule has 0 aliphatic carbocycles. The molecule has 2 aromatic rings. The number of rotatable bonds is 4. The van der Waals surface area contributed by atoms with Gasteiger partial charge in [0.05, 0.1) is 11.3 Å². The van der Waals surface area contributed by atoms with Crippen LogP contribution in [-0.2, 0) is 5.75 Å². The topological polar surface area (TPSA) is 63.3 Å². The first kappa shape index (κ1) is 14.0. The molecule has 19 heavy (non-hydrogen) atoms. The highest BCUT2D eigenvalue weighted by Gasteiger charge is 2.10. The van der Waals surface area contributed by atoms with E-state index in [1.54, 1.807) is 6.07 Å². The van der Waals surface area contributed by atoms with Crippen molar-refractivity contribution in [2.45, 2.75) is 24.8 Å². The Kier molecular flexibility index (Phi) is 4.17. The van der Waals surface area contributed by atoms with Gasteiger partial charge in [0.2, 0.25) is 0 Å². The van der Waals surface area contributed by atoms with E-state index in [0.29, 0.717) is 16.0 Å². The Morgan fingerprint density at radius 3 is 2.74 bits per heavy atom. The van der Waals surface area contributed by atoms with Crippen molar-refractivity contribution in [3.05, 3.63) is 45.8 Å². The van der Waals surface area contributed by atoms with Crippen molar-refractivity contribution in [2.75, 3.05) is 0 Å². The van der Waals surface area contributed by atoms with E-state index in [4.69, 9.17) is 21.1 Å². The van der Waals surface area contributed by atoms with Crippen LogP contribution in [0.25, 0.3) is 0 Å². The number of halogens is 1. The summed E-state index contributed by atoms with van der Waals surface area (Å²) in [6, 6.07) is 4.70. The molecule has 0 spiro atoms. The van der Waals surface area contributed by atoms with Crippen LogP contribution in [0.5, 0.6) is 0 Å². The Labute approximate surface area is 119 Å². The third-order valence-corrected chi connectivity index (χ3v) is 3.89. The summed E-state index contributed by atoms with van der Waals surface area (Å²) in [5.41, 5.74) is 1.90. The van der Waals surface area contributed by atoms with Crippen molar-refractivity contribution in [1.29, 1.82) is 0 Å². The van der Waals surface area contributed by atoms with Crippen LogP contribution in [0, 0.1) is 13.8 Å². The van der Waals surface area contributed by atoms with E-state index in [1.807, 2.05) is 13.8 Å². The van der Waals surface area contributed by atoms with E-state index in [2.05, 4.69) is 4.98 Å². The number of hydrogen-bond acceptors (Lipinski definition) is 4. The fourth-order valence-electron chi connectivity index (χ4n) is 1.44. The van der Waals surface area contributed by atoms with Gasteiger partial charge in [-0.3, -0.25) is 0 Å². The third kappa shape index (κ3) is 3.30. The fraction of sp³-hybridized carbons (Fsp3) is 0.231. The first-order chi connectivity index (χ1) is 8.97. The Hall–Kier alpha value is -1.46. The fourth-order valence-corrected chi connectivity index (χ4v) is 2.68. The summed E-state index contributed by atoms with van der Waals surface area (Å²) < 4.78 is 5.45. The number of benzene rings is 1. The number of nitrogens with zero attached hydrogens (tertiary/aromatic N) is 1. The molecule has 0 atom stereocenters. The molecule has 2 rings (SSSR count). The van der Waals surface area contributed by atoms with Crippen molar-refractivity contribution >= 4 is 29.3 Å². The molecule has 0 aliphatic rings. The number of carboxylic acids is 1. The van der Waals surface area contributed by atoms with E-state index in [1.165, 1.54) is 23.9 Å². The van der Waals surface area contributed by atoms with Gasteiger partial charge in [0, 0.05) is 10.8 Å². The smallest absolute Gasteiger partial charge is 0.335 e. The first-order valence-corrected chi connectivity index (χ1v) is 6.92. The molecule has 0 saturated heterocycles. The summed E-state index contributed by atoms with van der Waals surface area (Å²) in [5, 5.41) is 9.88. The van der Waals surface area contributed by atoms with Crippen LogP contribution in [0.3, 0.4) is 0 Å². The highest BCUT2D eigenvalue weighted by Crippen LogP contribution is 2.28. The number of aromatic nitrogens is 1. The summed E-state index contributed by atoms with van der Waals surface area (Å²) in [6.07, 6.45) is 0. The third-order valence-electron chi connectivity index (χ3n) is 2.66. The van der Waals surface area contributed by atoms with Gasteiger partial charge in [-0.1, -0.05) is 29.4 Å². The molecular weight excluding hydrogens is 286 g/mol. The molecule has 0 radical (unpaired) electrons. The van der Waals surface area contributed by atoms with Gasteiger partial charge < -0.3 is 9.52 Å². The van der Waals surface area contributed by atoms with Crippen molar-refractivity contribution < 1.29 is 14.3 Å². The minimum Gasteiger partial charge on any atom is -0.478 e. The van der Waals surface area contributed by atoms with Gasteiger partial charge >= 0.3 is 5.97 Å². The van der Waals surface area contributed by atoms with Crippen molar-refractivity contribution in [1.82, 2.24) is 4.98 Å². The molecule has 1 heterocycles. The minimum absolute atomic E-state index is 0.182. The molecule has 1 aromatic heterocycles. The zero-order valence-corrected chi connectivity index (χ0v) is 12.0. The second kappa shape index (κ2) is 5.67. The zero-order valence-electron chi connectivity index (χ0n) is 10.4. The van der Waals surface area contributed by atoms with Crippen LogP contribution in [0.1, 0.15) is 27.4 Å². The van der Waals surface area contributed by atoms with Crippen LogP contribution in [0.2, 0.25) is 5.02 Å². The maximum atomic E-state index is 10.8. The number of carboxylic acid groups (broad SMARTS) is 1. The molecule has 0 amide bonds. The van der Waals surface area contributed by atoms with Gasteiger partial charge in [-0.2, -0.15) is 0 Å². The standard InChI is InChI=1S/C13H12ClNO3S/c1-7-8(2)18-13(15-7)19-6-10-4-3-9(12(16)17)5-11(10)14/h3-5H,6H2,1-2H3,(H,16,17).